The molecule has 0 bridgehead atoms. The van der Waals surface area contributed by atoms with Crippen molar-refractivity contribution in [3.05, 3.63) is 186 Å². The average Bonchev–Trinajstić information content (AvgIpc) is 4.00. The van der Waals surface area contributed by atoms with Crippen LogP contribution in [0.25, 0.3) is 33.1 Å². The van der Waals surface area contributed by atoms with Gasteiger partial charge in [0.25, 0.3) is 0 Å². The van der Waals surface area contributed by atoms with Crippen LogP contribution in [0.5, 0.6) is 23.0 Å². The molecule has 10 nitrogen and oxygen atoms in total. The Morgan fingerprint density at radius 1 is 0.507 bits per heavy atom. The molecule has 69 heavy (non-hydrogen) atoms. The second kappa shape index (κ2) is 24.1. The molecule has 0 spiro atoms. The van der Waals surface area contributed by atoms with Crippen molar-refractivity contribution in [2.24, 2.45) is 11.8 Å². The monoisotopic (exact) mass is 925 g/mol. The van der Waals surface area contributed by atoms with Crippen LogP contribution in [-0.2, 0) is 45.7 Å². The molecule has 3 aromatic heterocycles. The maximum absolute atomic E-state index is 5.97. The van der Waals surface area contributed by atoms with Gasteiger partial charge < -0.3 is 32.6 Å². The second-order valence-electron chi connectivity index (χ2n) is 18.1. The minimum atomic E-state index is 0.453. The van der Waals surface area contributed by atoms with Crippen molar-refractivity contribution in [3.63, 3.8) is 0 Å². The molecule has 3 heterocycles. The predicted molar refractivity (Wildman–Crippen MR) is 282 cm³/mol. The van der Waals surface area contributed by atoms with Crippen molar-refractivity contribution >= 4 is 33.1 Å². The van der Waals surface area contributed by atoms with Gasteiger partial charge in [-0.2, -0.15) is 0 Å². The summed E-state index contributed by atoms with van der Waals surface area (Å²) >= 11 is 0. The molecule has 0 aliphatic heterocycles. The second-order valence-corrected chi connectivity index (χ2v) is 18.1. The van der Waals surface area contributed by atoms with Gasteiger partial charge in [0.2, 0.25) is 0 Å². The molecule has 0 atom stereocenters. The highest BCUT2D eigenvalue weighted by molar-refractivity contribution is 5.78. The van der Waals surface area contributed by atoms with Gasteiger partial charge in [-0.25, -0.2) is 15.0 Å². The Morgan fingerprint density at radius 3 is 1.64 bits per heavy atom. The summed E-state index contributed by atoms with van der Waals surface area (Å²) in [6, 6.07) is 48.9. The maximum Gasteiger partial charge on any atom is 0.148 e. The van der Waals surface area contributed by atoms with Gasteiger partial charge in [-0.15, -0.1) is 0 Å². The van der Waals surface area contributed by atoms with E-state index in [1.807, 2.05) is 105 Å². The Labute approximate surface area is 408 Å². The lowest BCUT2D eigenvalue weighted by molar-refractivity contribution is 0.287. The van der Waals surface area contributed by atoms with Crippen LogP contribution < -0.4 is 18.9 Å². The number of hydrogen-bond acceptors (Lipinski definition) is 7. The zero-order valence-electron chi connectivity index (χ0n) is 41.7. The third-order valence-corrected chi connectivity index (χ3v) is 11.4. The van der Waals surface area contributed by atoms with E-state index in [0.29, 0.717) is 31.7 Å². The average molecular weight is 925 g/mol. The molecule has 9 aromatic rings. The number of aryl methyl sites for hydroxylation is 1. The lowest BCUT2D eigenvalue weighted by Crippen LogP contribution is -2.10. The Morgan fingerprint density at radius 2 is 1.01 bits per heavy atom. The van der Waals surface area contributed by atoms with Crippen LogP contribution in [0.2, 0.25) is 0 Å². The van der Waals surface area contributed by atoms with Crippen LogP contribution in [0.15, 0.2) is 158 Å². The molecule has 0 amide bonds. The largest absolute Gasteiger partial charge is 0.497 e. The molecule has 0 saturated carbocycles. The van der Waals surface area contributed by atoms with Gasteiger partial charge in [-0.1, -0.05) is 114 Å². The first kappa shape index (κ1) is 49.6. The van der Waals surface area contributed by atoms with Crippen LogP contribution in [0.3, 0.4) is 0 Å². The van der Waals surface area contributed by atoms with E-state index in [2.05, 4.69) is 109 Å². The molecule has 358 valence electrons. The Hall–Kier alpha value is -7.33. The first-order chi connectivity index (χ1) is 33.5. The summed E-state index contributed by atoms with van der Waals surface area (Å²) in [5, 5.41) is 0. The number of para-hydroxylation sites is 5. The summed E-state index contributed by atoms with van der Waals surface area (Å²) in [5.41, 5.74) is 10.1. The molecule has 9 rings (SSSR count). The lowest BCUT2D eigenvalue weighted by atomic mass is 10.1. The zero-order chi connectivity index (χ0) is 48.7. The van der Waals surface area contributed by atoms with E-state index in [1.54, 1.807) is 7.11 Å². The predicted octanol–water partition coefficient (Wildman–Crippen LogP) is 13.7. The molecule has 0 aliphatic rings. The summed E-state index contributed by atoms with van der Waals surface area (Å²) in [7, 11) is 1.70. The summed E-state index contributed by atoms with van der Waals surface area (Å²) in [6.07, 6.45) is 1.79. The van der Waals surface area contributed by atoms with Crippen LogP contribution >= 0.6 is 0 Å². The molecular formula is C59H68N6O4. The summed E-state index contributed by atoms with van der Waals surface area (Å²) < 4.78 is 29.6. The van der Waals surface area contributed by atoms with Crippen LogP contribution in [0, 0.1) is 11.8 Å². The van der Waals surface area contributed by atoms with Crippen molar-refractivity contribution in [1.82, 2.24) is 28.7 Å². The van der Waals surface area contributed by atoms with Crippen LogP contribution in [0.1, 0.15) is 77.1 Å². The van der Waals surface area contributed by atoms with Crippen LogP contribution in [0.4, 0.5) is 0 Å². The van der Waals surface area contributed by atoms with E-state index in [-0.39, 0.29) is 0 Å². The van der Waals surface area contributed by atoms with E-state index >= 15 is 0 Å². The molecular weight excluding hydrogens is 857 g/mol. The molecule has 0 saturated heterocycles. The number of ether oxygens (including phenoxy) is 4. The normalized spacial score (nSPS) is 11.1. The smallest absolute Gasteiger partial charge is 0.148 e. The molecule has 0 unspecified atom stereocenters. The fraction of sp³-hybridized carbons (Fsp3) is 0.305. The van der Waals surface area contributed by atoms with Crippen molar-refractivity contribution in [2.75, 3.05) is 13.7 Å². The molecule has 0 radical (unpaired) electrons. The van der Waals surface area contributed by atoms with E-state index in [1.165, 1.54) is 16.6 Å². The van der Waals surface area contributed by atoms with Gasteiger partial charge in [0.05, 0.1) is 46.8 Å². The molecule has 0 N–H and O–H groups in total. The number of hydrogen-bond donors (Lipinski definition) is 0. The maximum atomic E-state index is 5.97. The van der Waals surface area contributed by atoms with E-state index < -0.39 is 0 Å². The topological polar surface area (TPSA) is 90.4 Å². The molecule has 0 fully saturated rings. The first-order valence-electron chi connectivity index (χ1n) is 24.2. The first-order valence-corrected chi connectivity index (χ1v) is 24.2. The summed E-state index contributed by atoms with van der Waals surface area (Å²) in [4.78, 5) is 14.3. The highest BCUT2D eigenvalue weighted by Crippen LogP contribution is 2.27. The highest BCUT2D eigenvalue weighted by Gasteiger charge is 2.16. The number of rotatable bonds is 18. The summed E-state index contributed by atoms with van der Waals surface area (Å²) in [5.74, 6) is 7.63. The molecule has 6 aromatic carbocycles. The quantitative estimate of drug-likeness (QED) is 0.0792. The SMILES string of the molecule is C=C(C)Cn1c(COc2cccc(CC)c2)nc2ccccc21.CC(C)Cn1c(COc2ccccc2)nc2ccccc21.CCOc1ccc2nc(Cc3cccc(OC)c3)n(CC(C)C)c2c1. The van der Waals surface area contributed by atoms with E-state index in [9.17, 15) is 0 Å². The minimum Gasteiger partial charge on any atom is -0.497 e. The standard InChI is InChI=1S/C21H26N2O2.C20H22N2O.C18H20N2O/c1-5-25-18-9-10-19-20(13-18)23(14-15(2)3)21(22-19)12-16-7-6-8-17(11-16)24-4;1-4-16-8-7-9-17(12-16)23-14-20-21-18-10-5-6-11-19(18)22(20)13-15(2)3;1-14(2)12-20-17-11-7-6-10-16(17)19-18(20)13-21-15-8-4-3-5-9-15/h6-11,13,15H,5,12,14H2,1-4H3;5-12H,2,4,13-14H2,1,3H3;3-11,14H,12-13H2,1-2H3. The third kappa shape index (κ3) is 13.4. The molecule has 10 heteroatoms. The van der Waals surface area contributed by atoms with Gasteiger partial charge in [0, 0.05) is 32.1 Å². The number of aromatic nitrogens is 6. The Bertz CT molecular complexity index is 3050. The summed E-state index contributed by atoms with van der Waals surface area (Å²) in [6.45, 7) is 23.4. The van der Waals surface area contributed by atoms with Crippen molar-refractivity contribution in [3.8, 4) is 23.0 Å². The molecule has 0 aliphatic carbocycles. The zero-order valence-corrected chi connectivity index (χ0v) is 41.7. The van der Waals surface area contributed by atoms with E-state index in [4.69, 9.17) is 33.9 Å². The number of methoxy groups -OCH3 is 1. The van der Waals surface area contributed by atoms with E-state index in [0.717, 1.165) is 106 Å². The number of fused-ring (bicyclic) bond motifs is 3. The third-order valence-electron chi connectivity index (χ3n) is 11.4. The van der Waals surface area contributed by atoms with Gasteiger partial charge in [-0.3, -0.25) is 0 Å². The number of allylic oxidation sites excluding steroid dienone is 1. The minimum absolute atomic E-state index is 0.453. The van der Waals surface area contributed by atoms with Crippen molar-refractivity contribution in [2.45, 2.75) is 94.2 Å². The number of imidazole rings is 3. The van der Waals surface area contributed by atoms with Gasteiger partial charge in [0.1, 0.15) is 53.7 Å². The Kier molecular flexibility index (Phi) is 17.3. The highest BCUT2D eigenvalue weighted by atomic mass is 16.5. The van der Waals surface area contributed by atoms with Gasteiger partial charge in [0.15, 0.2) is 0 Å². The van der Waals surface area contributed by atoms with Gasteiger partial charge in [-0.05, 0) is 116 Å². The fourth-order valence-electron chi connectivity index (χ4n) is 8.23. The number of nitrogens with zero attached hydrogens (tertiary/aromatic N) is 6. The lowest BCUT2D eigenvalue weighted by Gasteiger charge is -2.13. The number of benzene rings is 6. The van der Waals surface area contributed by atoms with Crippen molar-refractivity contribution in [1.29, 1.82) is 0 Å². The van der Waals surface area contributed by atoms with Crippen molar-refractivity contribution < 1.29 is 18.9 Å². The Balaban J connectivity index is 0.000000153. The van der Waals surface area contributed by atoms with Crippen LogP contribution in [-0.4, -0.2) is 42.4 Å². The van der Waals surface area contributed by atoms with Gasteiger partial charge >= 0.3 is 0 Å². The fourth-order valence-corrected chi connectivity index (χ4v) is 8.23.